The number of para-hydroxylation sites is 1. The lowest BCUT2D eigenvalue weighted by Gasteiger charge is -2.50. The number of carbonyl (C=O) groups excluding carboxylic acids is 4. The Kier molecular flexibility index (Phi) is 9.47. The average molecular weight is 832 g/mol. The number of hydrazine groups is 1. The Morgan fingerprint density at radius 1 is 0.983 bits per heavy atom. The number of pyridine rings is 1. The van der Waals surface area contributed by atoms with Gasteiger partial charge in [0.1, 0.15) is 5.75 Å². The van der Waals surface area contributed by atoms with E-state index in [9.17, 15) is 42.6 Å². The van der Waals surface area contributed by atoms with Crippen LogP contribution in [0.3, 0.4) is 0 Å². The number of fused-ring (bicyclic) bond motifs is 4. The fourth-order valence-electron chi connectivity index (χ4n) is 9.32. The van der Waals surface area contributed by atoms with Gasteiger partial charge in [-0.05, 0) is 72.7 Å². The molecule has 296 valence electrons. The van der Waals surface area contributed by atoms with Crippen molar-refractivity contribution in [2.45, 2.75) is 36.8 Å². The summed E-state index contributed by atoms with van der Waals surface area (Å²) in [6.45, 7) is 3.79. The van der Waals surface area contributed by atoms with Crippen molar-refractivity contribution in [3.05, 3.63) is 141 Å². The molecule has 1 saturated carbocycles. The molecule has 1 aromatic heterocycles. The zero-order valence-electron chi connectivity index (χ0n) is 30.0. The summed E-state index contributed by atoms with van der Waals surface area (Å²) in [6, 6.07) is 17.2. The molecule has 3 fully saturated rings. The van der Waals surface area contributed by atoms with Crippen molar-refractivity contribution in [3.8, 4) is 5.75 Å². The lowest BCUT2D eigenvalue weighted by molar-refractivity contribution is -0.139. The highest BCUT2D eigenvalue weighted by atomic mass is 35.5. The van der Waals surface area contributed by atoms with Gasteiger partial charge in [-0.15, -0.1) is 6.58 Å². The molecule has 0 spiro atoms. The molecule has 11 nitrogen and oxygen atoms in total. The number of carboxylic acid groups (broad SMARTS) is 1. The van der Waals surface area contributed by atoms with Gasteiger partial charge in [-0.3, -0.25) is 29.5 Å². The second-order valence-electron chi connectivity index (χ2n) is 14.6. The highest BCUT2D eigenvalue weighted by Crippen LogP contribution is 2.65. The number of aromatic nitrogens is 1. The number of benzene rings is 3. The van der Waals surface area contributed by atoms with Gasteiger partial charge in [-0.2, -0.15) is 18.2 Å². The molecule has 3 N–H and O–H groups in total. The molecule has 6 atom stereocenters. The van der Waals surface area contributed by atoms with Crippen molar-refractivity contribution in [2.24, 2.45) is 23.7 Å². The number of aromatic hydroxyl groups is 1. The Hall–Kier alpha value is -5.99. The molecule has 0 unspecified atom stereocenters. The second kappa shape index (κ2) is 14.1. The van der Waals surface area contributed by atoms with E-state index in [4.69, 9.17) is 23.2 Å². The third-order valence-electron chi connectivity index (χ3n) is 11.7. The highest BCUT2D eigenvalue weighted by molar-refractivity contribution is 6.33. The minimum absolute atomic E-state index is 0.0380. The number of rotatable bonds is 8. The topological polar surface area (TPSA) is 157 Å². The van der Waals surface area contributed by atoms with Crippen LogP contribution in [0.4, 0.5) is 24.7 Å². The van der Waals surface area contributed by atoms with E-state index < -0.39 is 87.2 Å². The van der Waals surface area contributed by atoms with E-state index in [0.717, 1.165) is 4.90 Å². The van der Waals surface area contributed by atoms with Crippen molar-refractivity contribution < 1.29 is 47.4 Å². The number of phenols is 1. The highest BCUT2D eigenvalue weighted by Gasteiger charge is 2.71. The predicted molar refractivity (Wildman–Crippen MR) is 205 cm³/mol. The van der Waals surface area contributed by atoms with Gasteiger partial charge in [-0.1, -0.05) is 77.3 Å². The van der Waals surface area contributed by atoms with Gasteiger partial charge < -0.3 is 10.2 Å². The van der Waals surface area contributed by atoms with Crippen molar-refractivity contribution >= 4 is 64.3 Å². The fourth-order valence-corrected chi connectivity index (χ4v) is 9.66. The summed E-state index contributed by atoms with van der Waals surface area (Å²) in [5.74, 6) is -10.00. The predicted octanol–water partition coefficient (Wildman–Crippen LogP) is 7.73. The number of hydrogen-bond donors (Lipinski definition) is 3. The Morgan fingerprint density at radius 3 is 2.38 bits per heavy atom. The Labute approximate surface area is 338 Å². The smallest absolute Gasteiger partial charge is 0.417 e. The van der Waals surface area contributed by atoms with Gasteiger partial charge in [-0.25, -0.2) is 9.78 Å². The first-order chi connectivity index (χ1) is 27.6. The number of halogens is 5. The minimum atomic E-state index is -4.78. The van der Waals surface area contributed by atoms with E-state index >= 15 is 4.79 Å². The van der Waals surface area contributed by atoms with Gasteiger partial charge in [0.2, 0.25) is 11.8 Å². The van der Waals surface area contributed by atoms with Crippen LogP contribution < -0.4 is 10.3 Å². The van der Waals surface area contributed by atoms with E-state index in [2.05, 4.69) is 17.0 Å². The molecule has 2 aliphatic heterocycles. The summed E-state index contributed by atoms with van der Waals surface area (Å²) >= 11 is 12.6. The molecule has 4 aromatic rings. The Balaban J connectivity index is 1.32. The van der Waals surface area contributed by atoms with Gasteiger partial charge in [0, 0.05) is 22.7 Å². The largest absolute Gasteiger partial charge is 0.507 e. The van der Waals surface area contributed by atoms with Gasteiger partial charge >= 0.3 is 12.1 Å². The maximum Gasteiger partial charge on any atom is 0.417 e. The van der Waals surface area contributed by atoms with Crippen LogP contribution in [0.15, 0.2) is 103 Å². The number of nitrogens with one attached hydrogen (secondary N) is 1. The summed E-state index contributed by atoms with van der Waals surface area (Å²) in [5, 5.41) is 22.1. The molecule has 58 heavy (non-hydrogen) atoms. The number of hydrogen-bond acceptors (Lipinski definition) is 8. The summed E-state index contributed by atoms with van der Waals surface area (Å²) in [4.78, 5) is 75.6. The van der Waals surface area contributed by atoms with E-state index in [1.54, 1.807) is 42.5 Å². The maximum atomic E-state index is 15.4. The van der Waals surface area contributed by atoms with Crippen molar-refractivity contribution in [1.29, 1.82) is 0 Å². The van der Waals surface area contributed by atoms with Crippen LogP contribution in [-0.4, -0.2) is 49.8 Å². The average Bonchev–Trinajstić information content (AvgIpc) is 3.57. The molecule has 3 heterocycles. The first-order valence-electron chi connectivity index (χ1n) is 18.1. The first kappa shape index (κ1) is 38.9. The first-order valence-corrected chi connectivity index (χ1v) is 18.8. The van der Waals surface area contributed by atoms with E-state index in [1.807, 2.05) is 0 Å². The molecule has 2 aliphatic carbocycles. The van der Waals surface area contributed by atoms with Crippen LogP contribution >= 0.6 is 23.2 Å². The van der Waals surface area contributed by atoms with Crippen molar-refractivity contribution in [1.82, 2.24) is 9.99 Å². The van der Waals surface area contributed by atoms with E-state index in [0.29, 0.717) is 39.0 Å². The molecule has 16 heteroatoms. The molecular formula is C42H31Cl2F3N4O7. The quantitative estimate of drug-likeness (QED) is 0.119. The second-order valence-corrected chi connectivity index (χ2v) is 15.5. The standard InChI is InChI=1S/C42H31Cl2F3N4O7/c1-2-5-20-6-4-9-28(34(20)52)33-26-14-15-27-32(38(55)50(36(27)53)25-8-3-7-21(16-25)39(56)57)29(26)18-30-37(54)51(40(58)41(30,33)22-10-12-24(43)13-11-22)49-35-31(44)17-23(19-48-35)42(45,46)47/h2-4,6-14,16-17,19,27,29-30,32-33,52H,1,5,15,18H2,(H,48,49)(H,56,57)/t27-,29+,30-,32-,33+,41+/m0/s1. The van der Waals surface area contributed by atoms with E-state index in [1.165, 1.54) is 36.4 Å². The van der Waals surface area contributed by atoms with Gasteiger partial charge in [0.05, 0.1) is 45.0 Å². The minimum Gasteiger partial charge on any atom is -0.507 e. The Morgan fingerprint density at radius 2 is 1.71 bits per heavy atom. The summed E-state index contributed by atoms with van der Waals surface area (Å²) in [5.41, 5.74) is 0.995. The molecule has 3 aromatic carbocycles. The number of aromatic carboxylic acids is 1. The number of carboxylic acids is 1. The number of allylic oxidation sites excluding steroid dienone is 3. The third kappa shape index (κ3) is 5.87. The summed E-state index contributed by atoms with van der Waals surface area (Å²) < 4.78 is 40.6. The van der Waals surface area contributed by atoms with Crippen LogP contribution in [0.25, 0.3) is 0 Å². The number of nitrogens with zero attached hydrogens (tertiary/aromatic N) is 3. The van der Waals surface area contributed by atoms with Crippen molar-refractivity contribution in [3.63, 3.8) is 0 Å². The van der Waals surface area contributed by atoms with Crippen LogP contribution in [0.5, 0.6) is 5.75 Å². The lowest BCUT2D eigenvalue weighted by Crippen LogP contribution is -2.53. The van der Waals surface area contributed by atoms with Crippen molar-refractivity contribution in [2.75, 3.05) is 10.3 Å². The van der Waals surface area contributed by atoms with Crippen LogP contribution in [0.2, 0.25) is 10.0 Å². The third-order valence-corrected chi connectivity index (χ3v) is 12.3. The van der Waals surface area contributed by atoms with Crippen LogP contribution in [-0.2, 0) is 37.2 Å². The number of amides is 4. The number of alkyl halides is 3. The lowest BCUT2D eigenvalue weighted by atomic mass is 9.49. The zero-order valence-corrected chi connectivity index (χ0v) is 31.6. The molecule has 0 radical (unpaired) electrons. The fraction of sp³-hybridized carbons (Fsp3) is 0.238. The molecular weight excluding hydrogens is 800 g/mol. The molecule has 0 bridgehead atoms. The summed E-state index contributed by atoms with van der Waals surface area (Å²) in [7, 11) is 0. The Bertz CT molecular complexity index is 2490. The molecule has 4 amide bonds. The molecule has 8 rings (SSSR count). The van der Waals surface area contributed by atoms with Crippen LogP contribution in [0, 0.1) is 23.7 Å². The maximum absolute atomic E-state index is 15.4. The number of phenolic OH excluding ortho intramolecular Hbond substituents is 1. The van der Waals surface area contributed by atoms with Gasteiger partial charge in [0.15, 0.2) is 5.82 Å². The monoisotopic (exact) mass is 830 g/mol. The van der Waals surface area contributed by atoms with Gasteiger partial charge in [0.25, 0.3) is 11.8 Å². The number of imide groups is 2. The summed E-state index contributed by atoms with van der Waals surface area (Å²) in [6.07, 6.45) is -0.811. The molecule has 2 saturated heterocycles. The van der Waals surface area contributed by atoms with Crippen LogP contribution in [0.1, 0.15) is 51.4 Å². The zero-order chi connectivity index (χ0) is 41.4. The van der Waals surface area contributed by atoms with E-state index in [-0.39, 0.29) is 41.8 Å². The normalized spacial score (nSPS) is 25.3. The number of carbonyl (C=O) groups is 5. The SMILES string of the molecule is C=CCc1cccc([C@H]2C3=CC[C@@H]4C(=O)N(c5cccc(C(=O)O)c5)C(=O)[C@@H]4[C@@H]3C[C@H]3C(=O)N(Nc4ncc(C(F)(F)F)cc4Cl)C(=O)[C@@]23c2ccc(Cl)cc2)c1O. The number of anilines is 2. The molecule has 4 aliphatic rings.